The van der Waals surface area contributed by atoms with E-state index < -0.39 is 0 Å². The number of pyridine rings is 1. The molecule has 0 saturated heterocycles. The maximum Gasteiger partial charge on any atom is 0.272 e. The maximum atomic E-state index is 12.3. The molecule has 1 amide bonds. The topological polar surface area (TPSA) is 73.9 Å². The molecule has 128 valence electrons. The minimum atomic E-state index is -0.163. The van der Waals surface area contributed by atoms with Crippen LogP contribution >= 0.6 is 0 Å². The van der Waals surface area contributed by atoms with E-state index in [1.807, 2.05) is 25.3 Å². The van der Waals surface area contributed by atoms with Gasteiger partial charge in [-0.15, -0.1) is 0 Å². The average molecular weight is 327 g/mol. The standard InChI is InChI=1S/C18H25N5O/c1-13-16(22-12-21-13)18(24)20-11-14-7-6-10-19-17(14)23(2)15-8-4-3-5-9-15/h6-7,10,12,15H,3-5,8-9,11H2,1-2H3,(H,20,24)(H,21,22). The highest BCUT2D eigenvalue weighted by atomic mass is 16.1. The summed E-state index contributed by atoms with van der Waals surface area (Å²) >= 11 is 0. The first-order chi connectivity index (χ1) is 11.7. The normalized spacial score (nSPS) is 15.2. The molecule has 1 saturated carbocycles. The molecule has 1 fully saturated rings. The molecule has 24 heavy (non-hydrogen) atoms. The van der Waals surface area contributed by atoms with E-state index in [1.165, 1.54) is 38.4 Å². The van der Waals surface area contributed by atoms with Crippen LogP contribution in [0.2, 0.25) is 0 Å². The summed E-state index contributed by atoms with van der Waals surface area (Å²) in [6.45, 7) is 2.29. The molecule has 2 aromatic heterocycles. The van der Waals surface area contributed by atoms with E-state index in [9.17, 15) is 4.79 Å². The summed E-state index contributed by atoms with van der Waals surface area (Å²) in [5.74, 6) is 0.798. The van der Waals surface area contributed by atoms with Crippen molar-refractivity contribution in [2.45, 2.75) is 51.6 Å². The zero-order valence-corrected chi connectivity index (χ0v) is 14.4. The second-order valence-electron chi connectivity index (χ2n) is 6.45. The minimum Gasteiger partial charge on any atom is -0.356 e. The predicted octanol–water partition coefficient (Wildman–Crippen LogP) is 2.81. The van der Waals surface area contributed by atoms with Crippen molar-refractivity contribution < 1.29 is 4.79 Å². The van der Waals surface area contributed by atoms with Crippen molar-refractivity contribution in [1.82, 2.24) is 20.3 Å². The van der Waals surface area contributed by atoms with Gasteiger partial charge in [-0.25, -0.2) is 9.97 Å². The number of aryl methyl sites for hydroxylation is 1. The summed E-state index contributed by atoms with van der Waals surface area (Å²) in [6.07, 6.45) is 9.68. The molecule has 1 aliphatic rings. The van der Waals surface area contributed by atoms with E-state index >= 15 is 0 Å². The van der Waals surface area contributed by atoms with Crippen molar-refractivity contribution in [2.75, 3.05) is 11.9 Å². The third kappa shape index (κ3) is 3.58. The molecule has 3 rings (SSSR count). The summed E-state index contributed by atoms with van der Waals surface area (Å²) in [5, 5.41) is 2.95. The third-order valence-corrected chi connectivity index (χ3v) is 4.81. The van der Waals surface area contributed by atoms with Crippen LogP contribution in [-0.2, 0) is 6.54 Å². The van der Waals surface area contributed by atoms with Gasteiger partial charge in [-0.2, -0.15) is 0 Å². The minimum absolute atomic E-state index is 0.163. The summed E-state index contributed by atoms with van der Waals surface area (Å²) < 4.78 is 0. The monoisotopic (exact) mass is 327 g/mol. The van der Waals surface area contributed by atoms with E-state index in [-0.39, 0.29) is 5.91 Å². The van der Waals surface area contributed by atoms with Gasteiger partial charge in [-0.3, -0.25) is 4.79 Å². The smallest absolute Gasteiger partial charge is 0.272 e. The van der Waals surface area contributed by atoms with E-state index in [4.69, 9.17) is 0 Å². The van der Waals surface area contributed by atoms with Crippen molar-refractivity contribution >= 4 is 11.7 Å². The van der Waals surface area contributed by atoms with Crippen LogP contribution in [0, 0.1) is 6.92 Å². The number of nitrogens with zero attached hydrogens (tertiary/aromatic N) is 3. The van der Waals surface area contributed by atoms with Crippen LogP contribution in [-0.4, -0.2) is 33.9 Å². The van der Waals surface area contributed by atoms with Gasteiger partial charge in [0.05, 0.1) is 6.33 Å². The Kier molecular flexibility index (Phi) is 5.13. The van der Waals surface area contributed by atoms with Gasteiger partial charge in [-0.1, -0.05) is 25.3 Å². The number of H-pyrrole nitrogens is 1. The number of carbonyl (C=O) groups is 1. The number of nitrogens with one attached hydrogen (secondary N) is 2. The quantitative estimate of drug-likeness (QED) is 0.885. The molecule has 0 aliphatic heterocycles. The Balaban J connectivity index is 1.70. The molecule has 0 bridgehead atoms. The highest BCUT2D eigenvalue weighted by Crippen LogP contribution is 2.26. The average Bonchev–Trinajstić information content (AvgIpc) is 3.06. The molecule has 2 aromatic rings. The Morgan fingerprint density at radius 1 is 1.33 bits per heavy atom. The number of aromatic nitrogens is 3. The first-order valence-electron chi connectivity index (χ1n) is 8.61. The molecule has 0 spiro atoms. The zero-order chi connectivity index (χ0) is 16.9. The molecule has 0 aromatic carbocycles. The number of rotatable bonds is 5. The molecule has 0 radical (unpaired) electrons. The molecule has 2 N–H and O–H groups in total. The van der Waals surface area contributed by atoms with Crippen LogP contribution in [0.15, 0.2) is 24.7 Å². The van der Waals surface area contributed by atoms with E-state index in [0.717, 1.165) is 17.1 Å². The Bertz CT molecular complexity index is 690. The van der Waals surface area contributed by atoms with Crippen molar-refractivity contribution in [3.63, 3.8) is 0 Å². The van der Waals surface area contributed by atoms with Crippen molar-refractivity contribution in [2.24, 2.45) is 0 Å². The lowest BCUT2D eigenvalue weighted by Crippen LogP contribution is -2.35. The maximum absolute atomic E-state index is 12.3. The van der Waals surface area contributed by atoms with Gasteiger partial charge < -0.3 is 15.2 Å². The fourth-order valence-electron chi connectivity index (χ4n) is 3.37. The predicted molar refractivity (Wildman–Crippen MR) is 94.0 cm³/mol. The largest absolute Gasteiger partial charge is 0.356 e. The van der Waals surface area contributed by atoms with Crippen LogP contribution in [0.3, 0.4) is 0 Å². The van der Waals surface area contributed by atoms with Gasteiger partial charge in [0.25, 0.3) is 5.91 Å². The summed E-state index contributed by atoms with van der Waals surface area (Å²) in [7, 11) is 2.11. The Hall–Kier alpha value is -2.37. The van der Waals surface area contributed by atoms with Crippen LogP contribution in [0.1, 0.15) is 53.8 Å². The molecule has 1 aliphatic carbocycles. The lowest BCUT2D eigenvalue weighted by Gasteiger charge is -2.33. The Labute approximate surface area is 142 Å². The van der Waals surface area contributed by atoms with Gasteiger partial charge in [0, 0.05) is 37.1 Å². The van der Waals surface area contributed by atoms with E-state index in [2.05, 4.69) is 32.2 Å². The number of hydrogen-bond donors (Lipinski definition) is 2. The molecule has 0 unspecified atom stereocenters. The first kappa shape index (κ1) is 16.5. The fraction of sp³-hybridized carbons (Fsp3) is 0.500. The molecule has 0 atom stereocenters. The second-order valence-corrected chi connectivity index (χ2v) is 6.45. The zero-order valence-electron chi connectivity index (χ0n) is 14.4. The van der Waals surface area contributed by atoms with Crippen molar-refractivity contribution in [3.05, 3.63) is 41.6 Å². The SMILES string of the molecule is Cc1[nH]cnc1C(=O)NCc1cccnc1N(C)C1CCCCC1. The highest BCUT2D eigenvalue weighted by molar-refractivity contribution is 5.93. The van der Waals surface area contributed by atoms with E-state index in [0.29, 0.717) is 18.3 Å². The first-order valence-corrected chi connectivity index (χ1v) is 8.61. The van der Waals surface area contributed by atoms with Gasteiger partial charge in [-0.05, 0) is 25.8 Å². The Morgan fingerprint density at radius 2 is 2.12 bits per heavy atom. The molecular formula is C18H25N5O. The lowest BCUT2D eigenvalue weighted by molar-refractivity contribution is 0.0946. The van der Waals surface area contributed by atoms with Crippen molar-refractivity contribution in [3.8, 4) is 0 Å². The van der Waals surface area contributed by atoms with Gasteiger partial charge in [0.1, 0.15) is 11.5 Å². The summed E-state index contributed by atoms with van der Waals surface area (Å²) in [5.41, 5.74) is 2.26. The van der Waals surface area contributed by atoms with Crippen LogP contribution in [0.4, 0.5) is 5.82 Å². The number of hydrogen-bond acceptors (Lipinski definition) is 4. The molecular weight excluding hydrogens is 302 g/mol. The highest BCUT2D eigenvalue weighted by Gasteiger charge is 2.21. The van der Waals surface area contributed by atoms with Crippen LogP contribution < -0.4 is 10.2 Å². The van der Waals surface area contributed by atoms with Crippen LogP contribution in [0.25, 0.3) is 0 Å². The second kappa shape index (κ2) is 7.47. The number of amides is 1. The Morgan fingerprint density at radius 3 is 2.83 bits per heavy atom. The molecule has 2 heterocycles. The number of carbonyl (C=O) groups excluding carboxylic acids is 1. The lowest BCUT2D eigenvalue weighted by atomic mass is 9.94. The van der Waals surface area contributed by atoms with E-state index in [1.54, 1.807) is 0 Å². The summed E-state index contributed by atoms with van der Waals surface area (Å²) in [4.78, 5) is 26.1. The fourth-order valence-corrected chi connectivity index (χ4v) is 3.37. The number of imidazole rings is 1. The molecule has 6 heteroatoms. The van der Waals surface area contributed by atoms with Gasteiger partial charge in [0.15, 0.2) is 0 Å². The van der Waals surface area contributed by atoms with Gasteiger partial charge >= 0.3 is 0 Å². The molecule has 6 nitrogen and oxygen atoms in total. The number of aromatic amines is 1. The summed E-state index contributed by atoms with van der Waals surface area (Å²) in [6, 6.07) is 4.48. The van der Waals surface area contributed by atoms with Crippen LogP contribution in [0.5, 0.6) is 0 Å². The third-order valence-electron chi connectivity index (χ3n) is 4.81. The number of anilines is 1. The van der Waals surface area contributed by atoms with Gasteiger partial charge in [0.2, 0.25) is 0 Å². The van der Waals surface area contributed by atoms with Crippen molar-refractivity contribution in [1.29, 1.82) is 0 Å².